The average molecular weight is 393 g/mol. The maximum Gasteiger partial charge on any atom is 0.229 e. The van der Waals surface area contributed by atoms with Crippen LogP contribution in [0.25, 0.3) is 11.3 Å². The van der Waals surface area contributed by atoms with Gasteiger partial charge in [0.15, 0.2) is 0 Å². The second kappa shape index (κ2) is 8.76. The van der Waals surface area contributed by atoms with Crippen LogP contribution in [0.5, 0.6) is 5.75 Å². The second-order valence-electron chi connectivity index (χ2n) is 6.47. The number of rotatable bonds is 6. The average Bonchev–Trinajstić information content (AvgIpc) is 2.80. The molecule has 0 aliphatic carbocycles. The minimum Gasteiger partial charge on any atom is -0.497 e. The molecule has 30 heavy (non-hydrogen) atoms. The lowest BCUT2D eigenvalue weighted by atomic mass is 10.1. The van der Waals surface area contributed by atoms with Crippen molar-refractivity contribution in [3.63, 3.8) is 0 Å². The smallest absolute Gasteiger partial charge is 0.229 e. The van der Waals surface area contributed by atoms with Gasteiger partial charge in [0.2, 0.25) is 5.95 Å². The van der Waals surface area contributed by atoms with Gasteiger partial charge in [0.25, 0.3) is 0 Å². The van der Waals surface area contributed by atoms with Crippen molar-refractivity contribution in [2.24, 2.45) is 0 Å². The van der Waals surface area contributed by atoms with E-state index in [4.69, 9.17) is 4.74 Å². The summed E-state index contributed by atoms with van der Waals surface area (Å²) in [4.78, 5) is 9.25. The Hall–Kier alpha value is -4.37. The second-order valence-corrected chi connectivity index (χ2v) is 6.47. The van der Waals surface area contributed by atoms with Crippen molar-refractivity contribution >= 4 is 23.1 Å². The van der Waals surface area contributed by atoms with Gasteiger partial charge < -0.3 is 15.4 Å². The summed E-state index contributed by atoms with van der Waals surface area (Å²) >= 11 is 0. The Morgan fingerprint density at radius 2 is 1.63 bits per heavy atom. The summed E-state index contributed by atoms with van der Waals surface area (Å²) in [6.45, 7) is 0. The zero-order valence-corrected chi connectivity index (χ0v) is 16.3. The van der Waals surface area contributed by atoms with Crippen molar-refractivity contribution < 1.29 is 4.74 Å². The standard InChI is InChI=1S/C24H19N5O/c1-30-20-12-7-11-19(14-20)26-23-15-22(17-8-3-2-4-9-17)28-24(29-23)27-21-13-6-5-10-18(21)16-25/h2-15H,1H3,(H2,26,27,28,29). The van der Waals surface area contributed by atoms with E-state index in [0.29, 0.717) is 23.0 Å². The molecule has 0 atom stereocenters. The van der Waals surface area contributed by atoms with E-state index in [1.54, 1.807) is 13.2 Å². The molecule has 4 rings (SSSR count). The number of hydrogen-bond acceptors (Lipinski definition) is 6. The van der Waals surface area contributed by atoms with Crippen LogP contribution in [0.1, 0.15) is 5.56 Å². The van der Waals surface area contributed by atoms with Gasteiger partial charge in [-0.15, -0.1) is 0 Å². The quantitative estimate of drug-likeness (QED) is 0.449. The highest BCUT2D eigenvalue weighted by Gasteiger charge is 2.10. The molecule has 0 fully saturated rings. The highest BCUT2D eigenvalue weighted by atomic mass is 16.5. The van der Waals surface area contributed by atoms with E-state index in [-0.39, 0.29) is 0 Å². The third-order valence-electron chi connectivity index (χ3n) is 4.43. The third kappa shape index (κ3) is 4.37. The molecule has 0 spiro atoms. The number of methoxy groups -OCH3 is 1. The molecule has 3 aromatic carbocycles. The summed E-state index contributed by atoms with van der Waals surface area (Å²) in [5.74, 6) is 1.76. The molecule has 2 N–H and O–H groups in total. The number of benzene rings is 3. The predicted octanol–water partition coefficient (Wildman–Crippen LogP) is 5.51. The van der Waals surface area contributed by atoms with E-state index >= 15 is 0 Å². The van der Waals surface area contributed by atoms with Crippen LogP contribution in [0.2, 0.25) is 0 Å². The molecular formula is C24H19N5O. The Labute approximate surface area is 174 Å². The van der Waals surface area contributed by atoms with Crippen LogP contribution in [-0.2, 0) is 0 Å². The van der Waals surface area contributed by atoms with Gasteiger partial charge in [-0.1, -0.05) is 48.5 Å². The molecule has 6 nitrogen and oxygen atoms in total. The normalized spacial score (nSPS) is 10.1. The molecule has 0 saturated heterocycles. The van der Waals surface area contributed by atoms with Gasteiger partial charge in [-0.25, -0.2) is 4.98 Å². The number of aromatic nitrogens is 2. The van der Waals surface area contributed by atoms with Crippen LogP contribution in [0.4, 0.5) is 23.1 Å². The number of nitrogens with zero attached hydrogens (tertiary/aromatic N) is 3. The van der Waals surface area contributed by atoms with E-state index < -0.39 is 0 Å². The summed E-state index contributed by atoms with van der Waals surface area (Å²) < 4.78 is 5.30. The molecule has 0 radical (unpaired) electrons. The van der Waals surface area contributed by atoms with Crippen molar-refractivity contribution in [1.82, 2.24) is 9.97 Å². The minimum absolute atomic E-state index is 0.393. The summed E-state index contributed by atoms with van der Waals surface area (Å²) in [6.07, 6.45) is 0. The molecule has 0 saturated carbocycles. The molecule has 4 aromatic rings. The number of para-hydroxylation sites is 1. The van der Waals surface area contributed by atoms with Gasteiger partial charge in [-0.05, 0) is 24.3 Å². The first-order valence-electron chi connectivity index (χ1n) is 9.37. The number of ether oxygens (including phenoxy) is 1. The van der Waals surface area contributed by atoms with E-state index in [1.165, 1.54) is 0 Å². The minimum atomic E-state index is 0.393. The SMILES string of the molecule is COc1cccc(Nc2cc(-c3ccccc3)nc(Nc3ccccc3C#N)n2)c1. The molecule has 6 heteroatoms. The molecular weight excluding hydrogens is 374 g/mol. The number of anilines is 4. The number of nitriles is 1. The lowest BCUT2D eigenvalue weighted by Crippen LogP contribution is -2.03. The Morgan fingerprint density at radius 3 is 2.43 bits per heavy atom. The molecule has 0 aliphatic heterocycles. The number of nitrogens with one attached hydrogen (secondary N) is 2. The largest absolute Gasteiger partial charge is 0.497 e. The third-order valence-corrected chi connectivity index (χ3v) is 4.43. The topological polar surface area (TPSA) is 82.9 Å². The summed E-state index contributed by atoms with van der Waals surface area (Å²) in [5.41, 5.74) is 3.74. The molecule has 1 aromatic heterocycles. The first-order valence-corrected chi connectivity index (χ1v) is 9.37. The zero-order valence-electron chi connectivity index (χ0n) is 16.3. The lowest BCUT2D eigenvalue weighted by Gasteiger charge is -2.13. The fraction of sp³-hybridized carbons (Fsp3) is 0.0417. The van der Waals surface area contributed by atoms with Crippen LogP contribution in [0.3, 0.4) is 0 Å². The van der Waals surface area contributed by atoms with Crippen molar-refractivity contribution in [3.05, 3.63) is 90.5 Å². The van der Waals surface area contributed by atoms with Crippen LogP contribution in [0, 0.1) is 11.3 Å². The van der Waals surface area contributed by atoms with Crippen LogP contribution < -0.4 is 15.4 Å². The van der Waals surface area contributed by atoms with Gasteiger partial charge >= 0.3 is 0 Å². The van der Waals surface area contributed by atoms with Gasteiger partial charge in [0, 0.05) is 23.4 Å². The maximum absolute atomic E-state index is 9.37. The van der Waals surface area contributed by atoms with Crippen molar-refractivity contribution in [2.75, 3.05) is 17.7 Å². The van der Waals surface area contributed by atoms with E-state index in [2.05, 4.69) is 26.7 Å². The molecule has 1 heterocycles. The molecule has 0 aliphatic rings. The van der Waals surface area contributed by atoms with Gasteiger partial charge in [-0.3, -0.25) is 0 Å². The highest BCUT2D eigenvalue weighted by molar-refractivity contribution is 5.70. The fourth-order valence-electron chi connectivity index (χ4n) is 2.98. The Balaban J connectivity index is 1.74. The van der Waals surface area contributed by atoms with Crippen LogP contribution in [0.15, 0.2) is 84.9 Å². The maximum atomic E-state index is 9.37. The Bertz CT molecular complexity index is 1200. The fourth-order valence-corrected chi connectivity index (χ4v) is 2.98. The summed E-state index contributed by atoms with van der Waals surface area (Å²) in [6, 6.07) is 28.8. The first-order chi connectivity index (χ1) is 14.7. The summed E-state index contributed by atoms with van der Waals surface area (Å²) in [5, 5.41) is 15.9. The summed E-state index contributed by atoms with van der Waals surface area (Å²) in [7, 11) is 1.63. The highest BCUT2D eigenvalue weighted by Crippen LogP contribution is 2.27. The first kappa shape index (κ1) is 19.0. The lowest BCUT2D eigenvalue weighted by molar-refractivity contribution is 0.415. The number of hydrogen-bond donors (Lipinski definition) is 2. The Kier molecular flexibility index (Phi) is 5.54. The molecule has 0 bridgehead atoms. The van der Waals surface area contributed by atoms with E-state index in [9.17, 15) is 5.26 Å². The monoisotopic (exact) mass is 393 g/mol. The van der Waals surface area contributed by atoms with Gasteiger partial charge in [-0.2, -0.15) is 10.2 Å². The van der Waals surface area contributed by atoms with Gasteiger partial charge in [0.1, 0.15) is 17.6 Å². The predicted molar refractivity (Wildman–Crippen MR) is 118 cm³/mol. The zero-order chi connectivity index (χ0) is 20.8. The van der Waals surface area contributed by atoms with E-state index in [0.717, 1.165) is 22.7 Å². The van der Waals surface area contributed by atoms with E-state index in [1.807, 2.05) is 78.9 Å². The molecule has 0 unspecified atom stereocenters. The molecule has 0 amide bonds. The van der Waals surface area contributed by atoms with Crippen molar-refractivity contribution in [1.29, 1.82) is 5.26 Å². The van der Waals surface area contributed by atoms with Crippen LogP contribution >= 0.6 is 0 Å². The van der Waals surface area contributed by atoms with Crippen molar-refractivity contribution in [3.8, 4) is 23.1 Å². The molecule has 146 valence electrons. The van der Waals surface area contributed by atoms with Crippen molar-refractivity contribution in [2.45, 2.75) is 0 Å². The van der Waals surface area contributed by atoms with Crippen LogP contribution in [-0.4, -0.2) is 17.1 Å². The van der Waals surface area contributed by atoms with Gasteiger partial charge in [0.05, 0.1) is 24.1 Å². The Morgan fingerprint density at radius 1 is 0.833 bits per heavy atom.